The van der Waals surface area contributed by atoms with Gasteiger partial charge in [0.25, 0.3) is 0 Å². The molecule has 0 aliphatic carbocycles. The molecule has 238 valence electrons. The minimum atomic E-state index is 0.942. The summed E-state index contributed by atoms with van der Waals surface area (Å²) in [6.45, 7) is 0. The van der Waals surface area contributed by atoms with Gasteiger partial charge in [0, 0.05) is 11.3 Å². The summed E-state index contributed by atoms with van der Waals surface area (Å²) in [6.07, 6.45) is 0. The molecule has 0 N–H and O–H groups in total. The van der Waals surface area contributed by atoms with Crippen molar-refractivity contribution >= 4 is 43.4 Å². The average molecular weight is 649 g/mol. The molecule has 2 heteroatoms. The zero-order valence-corrected chi connectivity index (χ0v) is 27.9. The van der Waals surface area contributed by atoms with Gasteiger partial charge < -0.3 is 0 Å². The normalized spacial score (nSPS) is 11.5. The maximum absolute atomic E-state index is 5.05. The molecule has 51 heavy (non-hydrogen) atoms. The third-order valence-electron chi connectivity index (χ3n) is 10.2. The highest BCUT2D eigenvalue weighted by atomic mass is 15.1. The number of imidazole rings is 1. The molecule has 1 aromatic heterocycles. The fourth-order valence-corrected chi connectivity index (χ4v) is 7.62. The highest BCUT2D eigenvalue weighted by Gasteiger charge is 2.15. The fraction of sp³-hybridized carbons (Fsp3) is 0. The van der Waals surface area contributed by atoms with Crippen molar-refractivity contribution < 1.29 is 0 Å². The van der Waals surface area contributed by atoms with Crippen molar-refractivity contribution in [2.24, 2.45) is 0 Å². The van der Waals surface area contributed by atoms with Gasteiger partial charge in [-0.05, 0) is 114 Å². The minimum absolute atomic E-state index is 0.942. The van der Waals surface area contributed by atoms with E-state index in [0.29, 0.717) is 0 Å². The predicted octanol–water partition coefficient (Wildman–Crippen LogP) is 13.2. The fourth-order valence-electron chi connectivity index (χ4n) is 7.62. The number of hydrogen-bond acceptors (Lipinski definition) is 1. The molecule has 0 unspecified atom stereocenters. The van der Waals surface area contributed by atoms with Crippen LogP contribution < -0.4 is 0 Å². The Bertz CT molecular complexity index is 2880. The van der Waals surface area contributed by atoms with Crippen LogP contribution in [0.5, 0.6) is 0 Å². The quantitative estimate of drug-likeness (QED) is 0.170. The van der Waals surface area contributed by atoms with E-state index in [-0.39, 0.29) is 0 Å². The second-order valence-electron chi connectivity index (χ2n) is 13.2. The summed E-state index contributed by atoms with van der Waals surface area (Å²) in [4.78, 5) is 5.05. The Morgan fingerprint density at radius 3 is 1.57 bits per heavy atom. The second-order valence-corrected chi connectivity index (χ2v) is 13.2. The largest absolute Gasteiger partial charge is 0.292 e. The van der Waals surface area contributed by atoms with Crippen LogP contribution in [0.4, 0.5) is 0 Å². The first kappa shape index (κ1) is 29.2. The van der Waals surface area contributed by atoms with Crippen LogP contribution in [-0.4, -0.2) is 9.55 Å². The lowest BCUT2D eigenvalue weighted by Crippen LogP contribution is -1.97. The van der Waals surface area contributed by atoms with Crippen molar-refractivity contribution in [2.45, 2.75) is 0 Å². The van der Waals surface area contributed by atoms with Crippen LogP contribution in [0.15, 0.2) is 194 Å². The number of rotatable bonds is 5. The molecule has 9 aromatic carbocycles. The van der Waals surface area contributed by atoms with Gasteiger partial charge in [-0.3, -0.25) is 4.57 Å². The van der Waals surface area contributed by atoms with Crippen molar-refractivity contribution in [1.29, 1.82) is 0 Å². The zero-order valence-electron chi connectivity index (χ0n) is 27.9. The van der Waals surface area contributed by atoms with Gasteiger partial charge in [-0.15, -0.1) is 0 Å². The van der Waals surface area contributed by atoms with E-state index in [9.17, 15) is 0 Å². The smallest absolute Gasteiger partial charge is 0.145 e. The molecule has 0 fully saturated rings. The van der Waals surface area contributed by atoms with Gasteiger partial charge in [-0.1, -0.05) is 146 Å². The minimum Gasteiger partial charge on any atom is -0.292 e. The maximum Gasteiger partial charge on any atom is 0.145 e. The number of hydrogen-bond donors (Lipinski definition) is 0. The molecule has 0 radical (unpaired) electrons. The number of benzene rings is 9. The molecule has 0 atom stereocenters. The molecule has 0 spiro atoms. The molecular weight excluding hydrogens is 617 g/mol. The maximum atomic E-state index is 5.05. The first-order valence-electron chi connectivity index (χ1n) is 17.5. The summed E-state index contributed by atoms with van der Waals surface area (Å²) < 4.78 is 2.25. The molecule has 10 aromatic rings. The molecule has 0 amide bonds. The molecule has 2 nitrogen and oxygen atoms in total. The summed E-state index contributed by atoms with van der Waals surface area (Å²) in [6, 6.07) is 70.0. The molecule has 0 saturated heterocycles. The Morgan fingerprint density at radius 1 is 0.333 bits per heavy atom. The van der Waals surface area contributed by atoms with Gasteiger partial charge in [0.1, 0.15) is 5.82 Å². The van der Waals surface area contributed by atoms with Crippen molar-refractivity contribution in [3.05, 3.63) is 194 Å². The van der Waals surface area contributed by atoms with Crippen LogP contribution in [0.2, 0.25) is 0 Å². The van der Waals surface area contributed by atoms with Crippen LogP contribution in [-0.2, 0) is 0 Å². The van der Waals surface area contributed by atoms with Crippen LogP contribution in [0.3, 0.4) is 0 Å². The highest BCUT2D eigenvalue weighted by molar-refractivity contribution is 6.10. The van der Waals surface area contributed by atoms with E-state index in [1.807, 2.05) is 6.07 Å². The van der Waals surface area contributed by atoms with Gasteiger partial charge in [0.05, 0.1) is 11.0 Å². The third-order valence-corrected chi connectivity index (χ3v) is 10.2. The summed E-state index contributed by atoms with van der Waals surface area (Å²) in [5.41, 5.74) is 11.6. The molecule has 0 aliphatic rings. The van der Waals surface area contributed by atoms with Crippen molar-refractivity contribution in [1.82, 2.24) is 9.55 Å². The number of aromatic nitrogens is 2. The first-order chi connectivity index (χ1) is 25.3. The van der Waals surface area contributed by atoms with Gasteiger partial charge in [0.15, 0.2) is 0 Å². The van der Waals surface area contributed by atoms with Gasteiger partial charge in [0.2, 0.25) is 0 Å². The molecule has 0 aliphatic heterocycles. The standard InChI is InChI=1S/C49H32N2/c1-3-11-34(12-4-1)45-31-36-13-7-8-14-37(36)32-46(45)41-26-28-44-40(30-41)24-23-39-29-38(25-27-43(39)44)33-19-21-35(22-20-33)49-50-47-17-9-10-18-48(47)51(49)42-15-5-2-6-16-42/h1-32H. The molecule has 0 bridgehead atoms. The van der Waals surface area contributed by atoms with Crippen LogP contribution in [0.25, 0.3) is 93.8 Å². The first-order valence-corrected chi connectivity index (χ1v) is 17.5. The summed E-state index contributed by atoms with van der Waals surface area (Å²) in [5, 5.41) is 7.51. The highest BCUT2D eigenvalue weighted by Crippen LogP contribution is 2.39. The van der Waals surface area contributed by atoms with Gasteiger partial charge in [-0.25, -0.2) is 4.98 Å². The summed E-state index contributed by atoms with van der Waals surface area (Å²) in [7, 11) is 0. The van der Waals surface area contributed by atoms with Crippen molar-refractivity contribution in [3.63, 3.8) is 0 Å². The average Bonchev–Trinajstić information content (AvgIpc) is 3.60. The van der Waals surface area contributed by atoms with E-state index >= 15 is 0 Å². The van der Waals surface area contributed by atoms with Crippen molar-refractivity contribution in [2.75, 3.05) is 0 Å². The Kier molecular flexibility index (Phi) is 6.85. The Morgan fingerprint density at radius 2 is 0.863 bits per heavy atom. The predicted molar refractivity (Wildman–Crippen MR) is 215 cm³/mol. The lowest BCUT2D eigenvalue weighted by molar-refractivity contribution is 1.10. The van der Waals surface area contributed by atoms with E-state index in [1.54, 1.807) is 0 Å². The van der Waals surface area contributed by atoms with Crippen molar-refractivity contribution in [3.8, 4) is 50.5 Å². The molecule has 10 rings (SSSR count). The van der Waals surface area contributed by atoms with Crippen LogP contribution >= 0.6 is 0 Å². The van der Waals surface area contributed by atoms with Gasteiger partial charge >= 0.3 is 0 Å². The lowest BCUT2D eigenvalue weighted by Gasteiger charge is -2.14. The number of para-hydroxylation sites is 3. The van der Waals surface area contributed by atoms with E-state index in [2.05, 4.69) is 193 Å². The zero-order chi connectivity index (χ0) is 33.7. The summed E-state index contributed by atoms with van der Waals surface area (Å²) in [5.74, 6) is 0.942. The van der Waals surface area contributed by atoms with E-state index in [4.69, 9.17) is 4.98 Å². The Labute approximate surface area is 296 Å². The topological polar surface area (TPSA) is 17.8 Å². The molecular formula is C49H32N2. The van der Waals surface area contributed by atoms with E-state index in [0.717, 1.165) is 28.1 Å². The Balaban J connectivity index is 1.01. The molecule has 0 saturated carbocycles. The monoisotopic (exact) mass is 648 g/mol. The lowest BCUT2D eigenvalue weighted by atomic mass is 9.90. The third kappa shape index (κ3) is 5.08. The number of fused-ring (bicyclic) bond motifs is 5. The van der Waals surface area contributed by atoms with Crippen LogP contribution in [0, 0.1) is 0 Å². The van der Waals surface area contributed by atoms with E-state index < -0.39 is 0 Å². The second kappa shape index (κ2) is 12.0. The molecule has 1 heterocycles. The number of nitrogens with zero attached hydrogens (tertiary/aromatic N) is 2. The Hall–Kier alpha value is -6.77. The summed E-state index contributed by atoms with van der Waals surface area (Å²) >= 11 is 0. The van der Waals surface area contributed by atoms with E-state index in [1.165, 1.54) is 65.7 Å². The van der Waals surface area contributed by atoms with Gasteiger partial charge in [-0.2, -0.15) is 0 Å². The SMILES string of the molecule is c1ccc(-c2cc3ccccc3cc2-c2ccc3c(ccc4cc(-c5ccc(-c6nc7ccccc7n6-c6ccccc6)cc5)ccc43)c2)cc1. The van der Waals surface area contributed by atoms with Crippen LogP contribution in [0.1, 0.15) is 0 Å².